The molecule has 0 saturated heterocycles. The lowest BCUT2D eigenvalue weighted by Gasteiger charge is -2.20. The van der Waals surface area contributed by atoms with Gasteiger partial charge in [0.1, 0.15) is 5.76 Å². The maximum atomic E-state index is 12.6. The van der Waals surface area contributed by atoms with E-state index in [1.165, 1.54) is 28.4 Å². The topological polar surface area (TPSA) is 116 Å². The minimum absolute atomic E-state index is 0.0163. The van der Waals surface area contributed by atoms with Gasteiger partial charge in [-0.05, 0) is 17.7 Å². The molecule has 1 aliphatic rings. The lowest BCUT2D eigenvalue weighted by atomic mass is 9.85. The van der Waals surface area contributed by atoms with Crippen LogP contribution < -0.4 is 0 Å². The third-order valence-corrected chi connectivity index (χ3v) is 5.93. The van der Waals surface area contributed by atoms with Crippen LogP contribution in [-0.2, 0) is 12.2 Å². The maximum absolute atomic E-state index is 12.6. The molecule has 0 spiro atoms. The second-order valence-corrected chi connectivity index (χ2v) is 7.94. The fourth-order valence-corrected chi connectivity index (χ4v) is 4.29. The fraction of sp³-hybridized carbons (Fsp3) is 0.200. The quantitative estimate of drug-likeness (QED) is 0.271. The van der Waals surface area contributed by atoms with Crippen LogP contribution in [0.15, 0.2) is 58.4 Å². The molecule has 30 heavy (non-hydrogen) atoms. The molecule has 0 amide bonds. The molecule has 150 valence electrons. The number of hydrogen-bond donors (Lipinski definition) is 0. The summed E-state index contributed by atoms with van der Waals surface area (Å²) in [6.07, 6.45) is 4.30. The summed E-state index contributed by atoms with van der Waals surface area (Å²) in [6.45, 7) is 0. The highest BCUT2D eigenvalue weighted by molar-refractivity contribution is 7.98. The lowest BCUT2D eigenvalue weighted by molar-refractivity contribution is -0.384. The SMILES string of the molecule is O=C1CC(c2ccco2)Cc2nc3nc(SCc4ccc([N+](=O)[O-])cc4)nn3cc21. The van der Waals surface area contributed by atoms with Gasteiger partial charge in [-0.3, -0.25) is 14.9 Å². The molecule has 10 heteroatoms. The summed E-state index contributed by atoms with van der Waals surface area (Å²) >= 11 is 1.40. The molecule has 1 aliphatic carbocycles. The van der Waals surface area contributed by atoms with Crippen LogP contribution in [0.1, 0.15) is 39.7 Å². The number of hydrogen-bond acceptors (Lipinski definition) is 8. The summed E-state index contributed by atoms with van der Waals surface area (Å²) in [5.41, 5.74) is 2.26. The van der Waals surface area contributed by atoms with Crippen molar-refractivity contribution in [3.05, 3.63) is 81.6 Å². The van der Waals surface area contributed by atoms with E-state index in [0.717, 1.165) is 11.3 Å². The second kappa shape index (κ2) is 7.38. The zero-order valence-corrected chi connectivity index (χ0v) is 16.4. The van der Waals surface area contributed by atoms with Crippen LogP contribution in [0.3, 0.4) is 0 Å². The van der Waals surface area contributed by atoms with Gasteiger partial charge < -0.3 is 4.42 Å². The second-order valence-electron chi connectivity index (χ2n) is 7.00. The van der Waals surface area contributed by atoms with Crippen LogP contribution in [0.4, 0.5) is 5.69 Å². The average molecular weight is 421 g/mol. The predicted molar refractivity (Wildman–Crippen MR) is 108 cm³/mol. The molecule has 1 atom stereocenters. The predicted octanol–water partition coefficient (Wildman–Crippen LogP) is 3.83. The Bertz CT molecular complexity index is 1250. The third kappa shape index (κ3) is 3.45. The fourth-order valence-electron chi connectivity index (χ4n) is 3.51. The van der Waals surface area contributed by atoms with Crippen molar-refractivity contribution in [2.24, 2.45) is 0 Å². The number of aromatic nitrogens is 4. The van der Waals surface area contributed by atoms with E-state index in [2.05, 4.69) is 15.1 Å². The zero-order valence-electron chi connectivity index (χ0n) is 15.6. The average Bonchev–Trinajstić information content (AvgIpc) is 3.40. The molecule has 0 N–H and O–H groups in total. The van der Waals surface area contributed by atoms with E-state index in [0.29, 0.717) is 40.8 Å². The maximum Gasteiger partial charge on any atom is 0.269 e. The summed E-state index contributed by atoms with van der Waals surface area (Å²) in [7, 11) is 0. The molecule has 3 aromatic heterocycles. The minimum atomic E-state index is -0.425. The van der Waals surface area contributed by atoms with Gasteiger partial charge in [-0.1, -0.05) is 23.9 Å². The molecular weight excluding hydrogens is 406 g/mol. The van der Waals surface area contributed by atoms with Gasteiger partial charge in [0.25, 0.3) is 11.5 Å². The first-order valence-corrected chi connectivity index (χ1v) is 10.2. The van der Waals surface area contributed by atoms with Gasteiger partial charge >= 0.3 is 0 Å². The van der Waals surface area contributed by atoms with Crippen molar-refractivity contribution >= 4 is 29.0 Å². The molecule has 3 heterocycles. The Morgan fingerprint density at radius 1 is 1.20 bits per heavy atom. The number of nitro benzene ring substituents is 1. The molecule has 5 rings (SSSR count). The van der Waals surface area contributed by atoms with Gasteiger partial charge in [0.05, 0.1) is 22.4 Å². The van der Waals surface area contributed by atoms with E-state index in [1.54, 1.807) is 24.6 Å². The number of benzene rings is 1. The van der Waals surface area contributed by atoms with Crippen molar-refractivity contribution in [3.8, 4) is 0 Å². The van der Waals surface area contributed by atoms with Gasteiger partial charge in [-0.25, -0.2) is 9.50 Å². The van der Waals surface area contributed by atoms with Crippen molar-refractivity contribution in [3.63, 3.8) is 0 Å². The van der Waals surface area contributed by atoms with Crippen molar-refractivity contribution in [2.75, 3.05) is 0 Å². The van der Waals surface area contributed by atoms with Gasteiger partial charge in [-0.15, -0.1) is 5.10 Å². The molecule has 0 aliphatic heterocycles. The molecule has 9 nitrogen and oxygen atoms in total. The summed E-state index contributed by atoms with van der Waals surface area (Å²) in [4.78, 5) is 32.0. The Morgan fingerprint density at radius 3 is 2.77 bits per heavy atom. The molecule has 1 aromatic carbocycles. The number of Topliss-reactive ketones (excluding diaryl/α,β-unsaturated/α-hetero) is 1. The van der Waals surface area contributed by atoms with Crippen LogP contribution in [0.2, 0.25) is 0 Å². The lowest BCUT2D eigenvalue weighted by Crippen LogP contribution is -2.21. The molecule has 0 bridgehead atoms. The largest absolute Gasteiger partial charge is 0.469 e. The number of furan rings is 1. The number of non-ortho nitro benzene ring substituents is 1. The van der Waals surface area contributed by atoms with Crippen molar-refractivity contribution in [1.82, 2.24) is 19.6 Å². The number of carbonyl (C=O) groups is 1. The van der Waals surface area contributed by atoms with E-state index in [-0.39, 0.29) is 17.4 Å². The zero-order chi connectivity index (χ0) is 20.7. The van der Waals surface area contributed by atoms with Gasteiger partial charge in [0.15, 0.2) is 5.78 Å². The highest BCUT2D eigenvalue weighted by Gasteiger charge is 2.30. The van der Waals surface area contributed by atoms with Crippen LogP contribution in [0.25, 0.3) is 5.78 Å². The van der Waals surface area contributed by atoms with E-state index in [1.807, 2.05) is 12.1 Å². The molecule has 0 radical (unpaired) electrons. The number of carbonyl (C=O) groups excluding carboxylic acids is 1. The highest BCUT2D eigenvalue weighted by Crippen LogP contribution is 2.32. The number of ketones is 1. The Morgan fingerprint density at radius 2 is 2.03 bits per heavy atom. The van der Waals surface area contributed by atoms with Gasteiger partial charge in [0, 0.05) is 42.8 Å². The smallest absolute Gasteiger partial charge is 0.269 e. The van der Waals surface area contributed by atoms with E-state index < -0.39 is 4.92 Å². The molecule has 4 aromatic rings. The highest BCUT2D eigenvalue weighted by atomic mass is 32.2. The Kier molecular flexibility index (Phi) is 4.55. The first kappa shape index (κ1) is 18.5. The Balaban J connectivity index is 1.36. The van der Waals surface area contributed by atoms with E-state index in [4.69, 9.17) is 4.42 Å². The normalized spacial score (nSPS) is 16.0. The number of fused-ring (bicyclic) bond motifs is 2. The molecule has 1 unspecified atom stereocenters. The van der Waals surface area contributed by atoms with Crippen LogP contribution in [0.5, 0.6) is 0 Å². The number of nitro groups is 1. The van der Waals surface area contributed by atoms with Crippen molar-refractivity contribution in [1.29, 1.82) is 0 Å². The number of rotatable bonds is 5. The van der Waals surface area contributed by atoms with E-state index in [9.17, 15) is 14.9 Å². The number of nitrogens with zero attached hydrogens (tertiary/aromatic N) is 5. The van der Waals surface area contributed by atoms with Gasteiger partial charge in [0.2, 0.25) is 5.16 Å². The first-order valence-electron chi connectivity index (χ1n) is 9.26. The minimum Gasteiger partial charge on any atom is -0.469 e. The van der Waals surface area contributed by atoms with Crippen LogP contribution in [-0.4, -0.2) is 30.3 Å². The van der Waals surface area contributed by atoms with Crippen LogP contribution in [0, 0.1) is 10.1 Å². The van der Waals surface area contributed by atoms with Crippen LogP contribution >= 0.6 is 11.8 Å². The molecular formula is C20H15N5O4S. The monoisotopic (exact) mass is 421 g/mol. The Labute approximate surface area is 174 Å². The number of thioether (sulfide) groups is 1. The molecule has 0 saturated carbocycles. The van der Waals surface area contributed by atoms with Crippen molar-refractivity contribution < 1.29 is 14.1 Å². The standard InChI is InChI=1S/C20H15N5O4S/c26-17-9-13(18-2-1-7-29-18)8-16-15(17)10-24-19(21-16)22-20(23-24)30-11-12-3-5-14(6-4-12)25(27)28/h1-7,10,13H,8-9,11H2. The summed E-state index contributed by atoms with van der Waals surface area (Å²) in [5, 5.41) is 15.7. The third-order valence-electron chi connectivity index (χ3n) is 5.02. The summed E-state index contributed by atoms with van der Waals surface area (Å²) in [5.74, 6) is 1.79. The first-order chi connectivity index (χ1) is 14.6. The summed E-state index contributed by atoms with van der Waals surface area (Å²) in [6, 6.07) is 10.1. The van der Waals surface area contributed by atoms with E-state index >= 15 is 0 Å². The summed E-state index contributed by atoms with van der Waals surface area (Å²) < 4.78 is 7.00. The molecule has 0 fully saturated rings. The van der Waals surface area contributed by atoms with Crippen molar-refractivity contribution in [2.45, 2.75) is 29.7 Å². The Hall–Kier alpha value is -3.53. The van der Waals surface area contributed by atoms with Gasteiger partial charge in [-0.2, -0.15) is 4.98 Å².